The van der Waals surface area contributed by atoms with Gasteiger partial charge in [0.05, 0.1) is 18.0 Å². The van der Waals surface area contributed by atoms with Gasteiger partial charge in [-0.3, -0.25) is 0 Å². The summed E-state index contributed by atoms with van der Waals surface area (Å²) in [5.41, 5.74) is 14.0. The van der Waals surface area contributed by atoms with Crippen LogP contribution in [0.3, 0.4) is 0 Å². The van der Waals surface area contributed by atoms with E-state index in [9.17, 15) is 0 Å². The zero-order chi connectivity index (χ0) is 32.3. The first-order valence-corrected chi connectivity index (χ1v) is 16.1. The van der Waals surface area contributed by atoms with Gasteiger partial charge in [-0.25, -0.2) is 9.83 Å². The summed E-state index contributed by atoms with van der Waals surface area (Å²) in [6, 6.07) is 63.6. The molecule has 2 heteroatoms. The molecule has 1 heterocycles. The van der Waals surface area contributed by atoms with Crippen LogP contribution in [0.1, 0.15) is 0 Å². The predicted molar refractivity (Wildman–Crippen MR) is 201 cm³/mol. The van der Waals surface area contributed by atoms with Crippen molar-refractivity contribution in [1.29, 1.82) is 0 Å². The molecule has 224 valence electrons. The molecule has 0 saturated heterocycles. The van der Waals surface area contributed by atoms with Crippen molar-refractivity contribution in [2.75, 3.05) is 0 Å². The van der Waals surface area contributed by atoms with Gasteiger partial charge in [-0.2, -0.15) is 0 Å². The largest absolute Gasteiger partial charge is 0.248 e. The topological polar surface area (TPSA) is 17.2 Å². The van der Waals surface area contributed by atoms with Crippen molar-refractivity contribution in [3.8, 4) is 67.0 Å². The average molecular weight is 611 g/mol. The third kappa shape index (κ3) is 5.66. The van der Waals surface area contributed by atoms with Crippen molar-refractivity contribution in [3.05, 3.63) is 193 Å². The maximum absolute atomic E-state index is 7.35. The second kappa shape index (κ2) is 12.7. The van der Waals surface area contributed by atoms with Crippen LogP contribution in [-0.4, -0.2) is 4.98 Å². The number of benzene rings is 7. The number of aromatic nitrogens is 1. The molecule has 8 rings (SSSR count). The van der Waals surface area contributed by atoms with Crippen molar-refractivity contribution >= 4 is 16.5 Å². The molecule has 0 N–H and O–H groups in total. The highest BCUT2D eigenvalue weighted by Gasteiger charge is 2.12. The number of rotatable bonds is 6. The Labute approximate surface area is 281 Å². The van der Waals surface area contributed by atoms with Gasteiger partial charge in [-0.15, -0.1) is 0 Å². The van der Waals surface area contributed by atoms with E-state index in [0.29, 0.717) is 5.69 Å². The number of hydrogen-bond donors (Lipinski definition) is 0. The summed E-state index contributed by atoms with van der Waals surface area (Å²) in [5, 5.41) is 2.44. The molecule has 0 aliphatic rings. The van der Waals surface area contributed by atoms with Crippen LogP contribution in [0.5, 0.6) is 0 Å². The first-order valence-electron chi connectivity index (χ1n) is 16.1. The molecular weight excluding hydrogens is 581 g/mol. The molecule has 0 unspecified atom stereocenters. The normalized spacial score (nSPS) is 10.9. The van der Waals surface area contributed by atoms with Crippen LogP contribution in [0.15, 0.2) is 182 Å². The first kappa shape index (κ1) is 28.9. The fourth-order valence-electron chi connectivity index (χ4n) is 6.45. The zero-order valence-electron chi connectivity index (χ0n) is 26.2. The Hall–Kier alpha value is -6.56. The lowest BCUT2D eigenvalue weighted by molar-refractivity contribution is 1.32. The Morgan fingerprint density at radius 1 is 0.333 bits per heavy atom. The van der Waals surface area contributed by atoms with Gasteiger partial charge < -0.3 is 0 Å². The summed E-state index contributed by atoms with van der Waals surface area (Å²) in [4.78, 5) is 8.63. The molecule has 48 heavy (non-hydrogen) atoms. The van der Waals surface area contributed by atoms with Crippen LogP contribution in [0.25, 0.3) is 82.6 Å². The molecule has 2 nitrogen and oxygen atoms in total. The zero-order valence-corrected chi connectivity index (χ0v) is 26.2. The molecule has 0 atom stereocenters. The summed E-state index contributed by atoms with van der Waals surface area (Å²) in [6.45, 7) is 7.35. The molecule has 0 radical (unpaired) electrons. The van der Waals surface area contributed by atoms with Gasteiger partial charge in [0.25, 0.3) is 0 Å². The third-order valence-corrected chi connectivity index (χ3v) is 8.92. The monoisotopic (exact) mass is 610 g/mol. The number of pyridine rings is 1. The van der Waals surface area contributed by atoms with Crippen LogP contribution >= 0.6 is 0 Å². The summed E-state index contributed by atoms with van der Waals surface area (Å²) in [6.07, 6.45) is 0. The minimum atomic E-state index is 0.654. The highest BCUT2D eigenvalue weighted by molar-refractivity contribution is 6.05. The number of fused-ring (bicyclic) bond motifs is 1. The third-order valence-electron chi connectivity index (χ3n) is 8.92. The number of hydrogen-bond acceptors (Lipinski definition) is 1. The summed E-state index contributed by atoms with van der Waals surface area (Å²) in [7, 11) is 0. The quantitative estimate of drug-likeness (QED) is 0.171. The van der Waals surface area contributed by atoms with Crippen molar-refractivity contribution in [3.63, 3.8) is 0 Å². The molecule has 0 amide bonds. The molecule has 0 saturated carbocycles. The van der Waals surface area contributed by atoms with E-state index in [-0.39, 0.29) is 0 Å². The lowest BCUT2D eigenvalue weighted by Gasteiger charge is -2.14. The van der Waals surface area contributed by atoms with E-state index >= 15 is 0 Å². The second-order valence-corrected chi connectivity index (χ2v) is 11.9. The van der Waals surface area contributed by atoms with Crippen LogP contribution in [0.2, 0.25) is 0 Å². The Morgan fingerprint density at radius 3 is 1.27 bits per heavy atom. The van der Waals surface area contributed by atoms with E-state index < -0.39 is 0 Å². The predicted octanol–water partition coefficient (Wildman–Crippen LogP) is 12.8. The van der Waals surface area contributed by atoms with Crippen LogP contribution < -0.4 is 0 Å². The van der Waals surface area contributed by atoms with Gasteiger partial charge in [-0.05, 0) is 73.5 Å². The maximum atomic E-state index is 7.35. The number of nitrogens with zero attached hydrogens (tertiary/aromatic N) is 2. The van der Waals surface area contributed by atoms with Gasteiger partial charge in [0, 0.05) is 11.1 Å². The molecule has 1 aromatic heterocycles. The minimum Gasteiger partial charge on any atom is -0.248 e. The van der Waals surface area contributed by atoms with Gasteiger partial charge in [0.2, 0.25) is 0 Å². The SMILES string of the molecule is [C-]#[N+]c1cccc(-c2ccc(-c3ccc(-c4ccc(-c5cc(-c6ccccc6)nc(-c6ccccc6)c5)cc4)c4ccccc34)cc2)c1. The minimum absolute atomic E-state index is 0.654. The van der Waals surface area contributed by atoms with Gasteiger partial charge >= 0.3 is 0 Å². The van der Waals surface area contributed by atoms with E-state index in [1.54, 1.807) is 0 Å². The van der Waals surface area contributed by atoms with Crippen molar-refractivity contribution < 1.29 is 0 Å². The fraction of sp³-hybridized carbons (Fsp3) is 0. The molecule has 0 aliphatic carbocycles. The second-order valence-electron chi connectivity index (χ2n) is 11.9. The van der Waals surface area contributed by atoms with E-state index in [2.05, 4.69) is 157 Å². The molecule has 0 spiro atoms. The maximum Gasteiger partial charge on any atom is 0.187 e. The summed E-state index contributed by atoms with van der Waals surface area (Å²) in [5.74, 6) is 0. The average Bonchev–Trinajstić information content (AvgIpc) is 3.18. The van der Waals surface area contributed by atoms with Gasteiger partial charge in [0.1, 0.15) is 0 Å². The van der Waals surface area contributed by atoms with Crippen molar-refractivity contribution in [2.45, 2.75) is 0 Å². The lowest BCUT2D eigenvalue weighted by atomic mass is 9.91. The standard InChI is InChI=1S/C46H30N2/c1-47-40-16-10-15-38(29-40)32-19-23-34(24-20-32)41-27-28-42(44-18-9-8-17-43(41)44)35-25-21-33(22-26-35)39-30-45(36-11-4-2-5-12-36)48-46(31-39)37-13-6-3-7-14-37/h2-31H. The summed E-state index contributed by atoms with van der Waals surface area (Å²) < 4.78 is 0. The molecular formula is C46H30N2. The lowest BCUT2D eigenvalue weighted by Crippen LogP contribution is -1.91. The Bertz CT molecular complexity index is 2360. The summed E-state index contributed by atoms with van der Waals surface area (Å²) >= 11 is 0. The van der Waals surface area contributed by atoms with Crippen LogP contribution in [0.4, 0.5) is 5.69 Å². The van der Waals surface area contributed by atoms with Crippen molar-refractivity contribution in [1.82, 2.24) is 4.98 Å². The highest BCUT2D eigenvalue weighted by atomic mass is 14.7. The molecule has 0 fully saturated rings. The molecule has 8 aromatic rings. The molecule has 0 aliphatic heterocycles. The van der Waals surface area contributed by atoms with Gasteiger partial charge in [-0.1, -0.05) is 164 Å². The van der Waals surface area contributed by atoms with E-state index in [4.69, 9.17) is 11.6 Å². The highest BCUT2D eigenvalue weighted by Crippen LogP contribution is 2.38. The molecule has 0 bridgehead atoms. The van der Waals surface area contributed by atoms with Crippen LogP contribution in [-0.2, 0) is 0 Å². The van der Waals surface area contributed by atoms with Gasteiger partial charge in [0.15, 0.2) is 5.69 Å². The Morgan fingerprint density at radius 2 is 0.771 bits per heavy atom. The Kier molecular flexibility index (Phi) is 7.63. The Balaban J connectivity index is 1.15. The van der Waals surface area contributed by atoms with E-state index in [1.807, 2.05) is 30.3 Å². The van der Waals surface area contributed by atoms with Crippen molar-refractivity contribution in [2.24, 2.45) is 0 Å². The fourth-order valence-corrected chi connectivity index (χ4v) is 6.45. The van der Waals surface area contributed by atoms with Crippen LogP contribution in [0, 0.1) is 6.57 Å². The van der Waals surface area contributed by atoms with E-state index in [1.165, 1.54) is 33.0 Å². The smallest absolute Gasteiger partial charge is 0.187 e. The first-order chi connectivity index (χ1) is 23.7. The molecule has 7 aromatic carbocycles. The van der Waals surface area contributed by atoms with E-state index in [0.717, 1.165) is 44.8 Å².